The van der Waals surface area contributed by atoms with Gasteiger partial charge in [0.25, 0.3) is 0 Å². The molecule has 3 N–H and O–H groups in total. The molecule has 3 heterocycles. The van der Waals surface area contributed by atoms with Gasteiger partial charge in [0.1, 0.15) is 6.04 Å². The number of aromatic nitrogens is 1. The molecule has 2 aromatic rings. The number of nitrogens with zero attached hydrogens (tertiary/aromatic N) is 3. The van der Waals surface area contributed by atoms with Crippen molar-refractivity contribution in [3.05, 3.63) is 76.5 Å². The van der Waals surface area contributed by atoms with Gasteiger partial charge in [-0.15, -0.1) is 0 Å². The molecule has 0 aliphatic carbocycles. The van der Waals surface area contributed by atoms with Gasteiger partial charge in [0.05, 0.1) is 12.7 Å². The maximum absolute atomic E-state index is 14.2. The van der Waals surface area contributed by atoms with Crippen LogP contribution in [0, 0.1) is 17.5 Å². The Morgan fingerprint density at radius 3 is 2.38 bits per heavy atom. The lowest BCUT2D eigenvalue weighted by atomic mass is 9.92. The Hall–Kier alpha value is -3.97. The monoisotopic (exact) mass is 591 g/mol. The molecule has 2 aliphatic rings. The lowest BCUT2D eigenvalue weighted by Crippen LogP contribution is -2.54. The van der Waals surface area contributed by atoms with Gasteiger partial charge in [0.2, 0.25) is 0 Å². The Morgan fingerprint density at radius 1 is 1.14 bits per heavy atom. The van der Waals surface area contributed by atoms with E-state index in [9.17, 15) is 27.6 Å². The number of aliphatic hydroxyl groups excluding tert-OH is 1. The number of rotatable bonds is 8. The Kier molecular flexibility index (Phi) is 11.9. The third-order valence-electron chi connectivity index (χ3n) is 7.25. The minimum Gasteiger partial charge on any atom is -0.466 e. The number of carbonyl (C=O) groups excluding carboxylic acids is 3. The van der Waals surface area contributed by atoms with Crippen molar-refractivity contribution in [3.8, 4) is 0 Å². The Balaban J connectivity index is 0.00000237. The summed E-state index contributed by atoms with van der Waals surface area (Å²) in [4.78, 5) is 46.4. The number of amides is 4. The first-order valence-electron chi connectivity index (χ1n) is 13.7. The molecule has 0 bridgehead atoms. The zero-order chi connectivity index (χ0) is 30.8. The molecule has 1 saturated heterocycles. The number of esters is 1. The second kappa shape index (κ2) is 15.3. The van der Waals surface area contributed by atoms with Crippen LogP contribution in [0.4, 0.5) is 22.8 Å². The fraction of sp³-hybridized carbons (Fsp3) is 0.448. The second-order valence-corrected chi connectivity index (χ2v) is 9.69. The molecule has 0 radical (unpaired) electrons. The van der Waals surface area contributed by atoms with Crippen molar-refractivity contribution < 1.29 is 37.4 Å². The molecular weight excluding hydrogens is 555 g/mol. The topological polar surface area (TPSA) is 124 Å². The average Bonchev–Trinajstić information content (AvgIpc) is 3.02. The van der Waals surface area contributed by atoms with Crippen LogP contribution in [0.2, 0.25) is 0 Å². The molecular formula is C29H36F3N5O5. The summed E-state index contributed by atoms with van der Waals surface area (Å²) in [6.07, 6.45) is 4.50. The highest BCUT2D eigenvalue weighted by molar-refractivity contribution is 6.01. The highest BCUT2D eigenvalue weighted by Gasteiger charge is 2.43. The summed E-state index contributed by atoms with van der Waals surface area (Å²) in [5.74, 6) is -5.23. The van der Waals surface area contributed by atoms with Crippen molar-refractivity contribution in [1.29, 1.82) is 0 Å². The molecule has 2 aliphatic heterocycles. The van der Waals surface area contributed by atoms with E-state index in [1.807, 2.05) is 18.2 Å². The van der Waals surface area contributed by atoms with Crippen LogP contribution < -0.4 is 10.6 Å². The van der Waals surface area contributed by atoms with Crippen LogP contribution in [0.15, 0.2) is 47.8 Å². The summed E-state index contributed by atoms with van der Waals surface area (Å²) >= 11 is 0. The van der Waals surface area contributed by atoms with Gasteiger partial charge in [-0.2, -0.15) is 0 Å². The first-order valence-corrected chi connectivity index (χ1v) is 13.7. The van der Waals surface area contributed by atoms with E-state index in [1.165, 1.54) is 0 Å². The number of nitrogens with one attached hydrogen (secondary N) is 2. The van der Waals surface area contributed by atoms with Crippen LogP contribution in [0.3, 0.4) is 0 Å². The van der Waals surface area contributed by atoms with E-state index in [-0.39, 0.29) is 29.8 Å². The van der Waals surface area contributed by atoms with Crippen molar-refractivity contribution in [2.75, 3.05) is 40.4 Å². The van der Waals surface area contributed by atoms with Crippen LogP contribution in [0.1, 0.15) is 55.8 Å². The molecule has 10 nitrogen and oxygen atoms in total. The Labute approximate surface area is 242 Å². The second-order valence-electron chi connectivity index (χ2n) is 9.69. The number of ether oxygens (including phenoxy) is 1. The van der Waals surface area contributed by atoms with Gasteiger partial charge >= 0.3 is 18.0 Å². The van der Waals surface area contributed by atoms with Crippen molar-refractivity contribution in [3.63, 3.8) is 0 Å². The minimum absolute atomic E-state index is 0.130. The number of pyridine rings is 1. The predicted molar refractivity (Wildman–Crippen MR) is 148 cm³/mol. The van der Waals surface area contributed by atoms with Gasteiger partial charge in [-0.05, 0) is 75.1 Å². The summed E-state index contributed by atoms with van der Waals surface area (Å²) < 4.78 is 46.9. The predicted octanol–water partition coefficient (Wildman–Crippen LogP) is 3.99. The van der Waals surface area contributed by atoms with Crippen LogP contribution in [0.5, 0.6) is 0 Å². The lowest BCUT2D eigenvalue weighted by molar-refractivity contribution is -0.136. The van der Waals surface area contributed by atoms with Crippen molar-refractivity contribution >= 4 is 18.0 Å². The summed E-state index contributed by atoms with van der Waals surface area (Å²) in [5, 5.41) is 12.2. The zero-order valence-electron chi connectivity index (χ0n) is 23.8. The minimum atomic E-state index is -1.71. The van der Waals surface area contributed by atoms with Gasteiger partial charge in [-0.3, -0.25) is 4.98 Å². The van der Waals surface area contributed by atoms with E-state index in [0.717, 1.165) is 45.8 Å². The van der Waals surface area contributed by atoms with Crippen LogP contribution in [-0.2, 0) is 9.53 Å². The van der Waals surface area contributed by atoms with E-state index in [2.05, 4.69) is 20.5 Å². The SMILES string of the molecule is CCC1=C(C(=O)OC)C(c2cc(F)c(F)c(F)c2)N(C(=O)NCCCN2CCC(c3ccccn3)CC2)C(=O)N1.CO. The molecule has 13 heteroatoms. The van der Waals surface area contributed by atoms with Gasteiger partial charge < -0.3 is 25.4 Å². The number of allylic oxidation sites excluding steroid dienone is 1. The van der Waals surface area contributed by atoms with Gasteiger partial charge in [0, 0.05) is 37.2 Å². The summed E-state index contributed by atoms with van der Waals surface area (Å²) in [6, 6.07) is 3.94. The van der Waals surface area contributed by atoms with Crippen molar-refractivity contribution in [2.45, 2.75) is 44.6 Å². The molecule has 228 valence electrons. The summed E-state index contributed by atoms with van der Waals surface area (Å²) in [7, 11) is 2.10. The molecule has 1 unspecified atom stereocenters. The number of methoxy groups -OCH3 is 1. The lowest BCUT2D eigenvalue weighted by Gasteiger charge is -2.36. The largest absolute Gasteiger partial charge is 0.466 e. The van der Waals surface area contributed by atoms with E-state index in [1.54, 1.807) is 13.1 Å². The molecule has 0 spiro atoms. The van der Waals surface area contributed by atoms with Crippen LogP contribution >= 0.6 is 0 Å². The van der Waals surface area contributed by atoms with Gasteiger partial charge in [-0.1, -0.05) is 13.0 Å². The van der Waals surface area contributed by atoms with Crippen molar-refractivity contribution in [1.82, 2.24) is 25.4 Å². The number of urea groups is 2. The standard InChI is InChI=1S/C28H32F3N5O4.CH4O/c1-3-21-23(26(37)40-2)25(18-15-19(29)24(31)20(30)16-18)36(28(39)34-21)27(38)33-11-6-12-35-13-8-17(9-14-35)22-7-4-5-10-32-22;1-2/h4-5,7,10,15-17,25H,3,6,8-9,11-14H2,1-2H3,(H,33,38)(H,34,39);2H,1H3. The van der Waals surface area contributed by atoms with Crippen LogP contribution in [0.25, 0.3) is 0 Å². The number of carbonyl (C=O) groups is 3. The number of aliphatic hydroxyl groups is 1. The highest BCUT2D eigenvalue weighted by Crippen LogP contribution is 2.36. The smallest absolute Gasteiger partial charge is 0.338 e. The quantitative estimate of drug-likeness (QED) is 0.241. The maximum Gasteiger partial charge on any atom is 0.338 e. The Bertz CT molecular complexity index is 1260. The first kappa shape index (κ1) is 32.5. The fourth-order valence-electron chi connectivity index (χ4n) is 5.20. The van der Waals surface area contributed by atoms with E-state index in [4.69, 9.17) is 9.84 Å². The normalized spacial score (nSPS) is 17.7. The zero-order valence-corrected chi connectivity index (χ0v) is 23.8. The third kappa shape index (κ3) is 7.45. The molecule has 4 amide bonds. The number of halogens is 3. The first-order chi connectivity index (χ1) is 20.2. The number of piperidine rings is 1. The average molecular weight is 592 g/mol. The van der Waals surface area contributed by atoms with E-state index in [0.29, 0.717) is 35.9 Å². The summed E-state index contributed by atoms with van der Waals surface area (Å²) in [6.45, 7) is 4.35. The summed E-state index contributed by atoms with van der Waals surface area (Å²) in [5.41, 5.74) is 0.755. The number of likely N-dealkylation sites (tertiary alicyclic amines) is 1. The maximum atomic E-state index is 14.2. The number of imide groups is 1. The van der Waals surface area contributed by atoms with Crippen molar-refractivity contribution in [2.24, 2.45) is 0 Å². The van der Waals surface area contributed by atoms with Gasteiger partial charge in [0.15, 0.2) is 17.5 Å². The molecule has 4 rings (SSSR count). The van der Waals surface area contributed by atoms with E-state index >= 15 is 0 Å². The van der Waals surface area contributed by atoms with Crippen LogP contribution in [-0.4, -0.2) is 78.3 Å². The molecule has 42 heavy (non-hydrogen) atoms. The van der Waals surface area contributed by atoms with Gasteiger partial charge in [-0.25, -0.2) is 32.5 Å². The third-order valence-corrected chi connectivity index (χ3v) is 7.25. The molecule has 1 atom stereocenters. The van der Waals surface area contributed by atoms with E-state index < -0.39 is 41.5 Å². The number of hydrogen-bond acceptors (Lipinski definition) is 7. The number of hydrogen-bond donors (Lipinski definition) is 3. The highest BCUT2D eigenvalue weighted by atomic mass is 19.2. The fourth-order valence-corrected chi connectivity index (χ4v) is 5.20. The number of benzene rings is 1. The Morgan fingerprint density at radius 2 is 1.81 bits per heavy atom. The molecule has 1 aromatic heterocycles. The molecule has 1 aromatic carbocycles. The molecule has 1 fully saturated rings. The molecule has 0 saturated carbocycles.